The van der Waals surface area contributed by atoms with E-state index in [-0.39, 0.29) is 0 Å². The molecule has 1 saturated heterocycles. The van der Waals surface area contributed by atoms with Gasteiger partial charge < -0.3 is 14.4 Å². The average molecular weight is 331 g/mol. The van der Waals surface area contributed by atoms with Crippen molar-refractivity contribution in [3.8, 4) is 11.5 Å². The van der Waals surface area contributed by atoms with Crippen molar-refractivity contribution in [2.24, 2.45) is 0 Å². The van der Waals surface area contributed by atoms with Crippen LogP contribution in [-0.4, -0.2) is 42.9 Å². The van der Waals surface area contributed by atoms with Gasteiger partial charge in [-0.3, -0.25) is 4.90 Å². The summed E-state index contributed by atoms with van der Waals surface area (Å²) in [5.74, 6) is 1.72. The van der Waals surface area contributed by atoms with Gasteiger partial charge in [0.1, 0.15) is 5.01 Å². The molecule has 3 heterocycles. The van der Waals surface area contributed by atoms with E-state index in [0.717, 1.165) is 31.1 Å². The summed E-state index contributed by atoms with van der Waals surface area (Å²) < 4.78 is 10.9. The zero-order valence-electron chi connectivity index (χ0n) is 13.3. The Hall–Kier alpha value is -1.79. The molecule has 0 amide bonds. The monoisotopic (exact) mass is 331 g/mol. The van der Waals surface area contributed by atoms with Gasteiger partial charge >= 0.3 is 0 Å². The van der Waals surface area contributed by atoms with Crippen molar-refractivity contribution in [3.63, 3.8) is 0 Å². The lowest BCUT2D eigenvalue weighted by atomic mass is 10.0. The summed E-state index contributed by atoms with van der Waals surface area (Å²) in [7, 11) is 2.21. The highest BCUT2D eigenvalue weighted by molar-refractivity contribution is 7.09. The fourth-order valence-electron chi connectivity index (χ4n) is 3.32. The third kappa shape index (κ3) is 3.14. The van der Waals surface area contributed by atoms with Crippen molar-refractivity contribution < 1.29 is 9.47 Å². The first-order valence-corrected chi connectivity index (χ1v) is 8.91. The maximum Gasteiger partial charge on any atom is 0.231 e. The molecule has 0 saturated carbocycles. The first kappa shape index (κ1) is 14.8. The maximum absolute atomic E-state index is 5.49. The topological polar surface area (TPSA) is 37.8 Å². The molecule has 2 aromatic rings. The summed E-state index contributed by atoms with van der Waals surface area (Å²) in [6, 6.07) is 6.87. The van der Waals surface area contributed by atoms with Crippen molar-refractivity contribution in [3.05, 3.63) is 34.8 Å². The molecule has 0 bridgehead atoms. The number of ether oxygens (including phenoxy) is 2. The largest absolute Gasteiger partial charge is 0.454 e. The van der Waals surface area contributed by atoms with Gasteiger partial charge in [0.2, 0.25) is 6.79 Å². The highest BCUT2D eigenvalue weighted by atomic mass is 32.1. The molecular weight excluding hydrogens is 310 g/mol. The van der Waals surface area contributed by atoms with Crippen LogP contribution < -0.4 is 14.4 Å². The lowest BCUT2D eigenvalue weighted by Gasteiger charge is -2.37. The molecule has 1 fully saturated rings. The van der Waals surface area contributed by atoms with Crippen LogP contribution in [0.1, 0.15) is 17.8 Å². The Kier molecular flexibility index (Phi) is 4.10. The Morgan fingerprint density at radius 2 is 2.09 bits per heavy atom. The number of thiazole rings is 1. The van der Waals surface area contributed by atoms with E-state index in [0.29, 0.717) is 12.8 Å². The summed E-state index contributed by atoms with van der Waals surface area (Å²) in [6.07, 6.45) is 4.24. The lowest BCUT2D eigenvalue weighted by Crippen LogP contribution is -2.43. The van der Waals surface area contributed by atoms with Gasteiger partial charge in [-0.2, -0.15) is 0 Å². The van der Waals surface area contributed by atoms with Crippen LogP contribution in [0.3, 0.4) is 0 Å². The van der Waals surface area contributed by atoms with Crippen LogP contribution in [0.5, 0.6) is 11.5 Å². The molecule has 0 unspecified atom stereocenters. The molecule has 6 heteroatoms. The Morgan fingerprint density at radius 3 is 2.87 bits per heavy atom. The quantitative estimate of drug-likeness (QED) is 0.861. The van der Waals surface area contributed by atoms with Crippen LogP contribution in [0.4, 0.5) is 5.69 Å². The second kappa shape index (κ2) is 6.37. The molecule has 5 nitrogen and oxygen atoms in total. The van der Waals surface area contributed by atoms with Crippen LogP contribution in [0.2, 0.25) is 0 Å². The number of benzene rings is 1. The molecule has 4 rings (SSSR count). The average Bonchev–Trinajstić information content (AvgIpc) is 3.25. The highest BCUT2D eigenvalue weighted by Gasteiger charge is 2.24. The minimum absolute atomic E-state index is 0.336. The normalized spacial score (nSPS) is 17.9. The van der Waals surface area contributed by atoms with Crippen molar-refractivity contribution in [2.75, 3.05) is 31.8 Å². The molecule has 0 radical (unpaired) electrons. The summed E-state index contributed by atoms with van der Waals surface area (Å²) in [5, 5.41) is 3.25. The van der Waals surface area contributed by atoms with E-state index in [2.05, 4.69) is 34.0 Å². The van der Waals surface area contributed by atoms with Gasteiger partial charge in [-0.15, -0.1) is 11.3 Å². The third-order valence-electron chi connectivity index (χ3n) is 4.68. The van der Waals surface area contributed by atoms with E-state index < -0.39 is 0 Å². The Labute approximate surface area is 140 Å². The smallest absolute Gasteiger partial charge is 0.231 e. The number of fused-ring (bicyclic) bond motifs is 1. The van der Waals surface area contributed by atoms with E-state index in [4.69, 9.17) is 9.47 Å². The van der Waals surface area contributed by atoms with Crippen molar-refractivity contribution in [1.82, 2.24) is 9.88 Å². The van der Waals surface area contributed by atoms with Crippen LogP contribution in [0.25, 0.3) is 0 Å². The number of piperidine rings is 1. The van der Waals surface area contributed by atoms with Gasteiger partial charge in [0, 0.05) is 42.5 Å². The minimum atomic E-state index is 0.336. The molecule has 0 atom stereocenters. The van der Waals surface area contributed by atoms with Crippen LogP contribution in [-0.2, 0) is 6.54 Å². The molecule has 0 aliphatic carbocycles. The number of rotatable bonds is 4. The molecule has 0 N–H and O–H groups in total. The first-order valence-electron chi connectivity index (χ1n) is 8.03. The summed E-state index contributed by atoms with van der Waals surface area (Å²) in [6.45, 7) is 3.44. The lowest BCUT2D eigenvalue weighted by molar-refractivity contribution is 0.174. The second-order valence-corrected chi connectivity index (χ2v) is 7.08. The van der Waals surface area contributed by atoms with Gasteiger partial charge in [0.05, 0.1) is 6.54 Å². The van der Waals surface area contributed by atoms with Crippen LogP contribution in [0, 0.1) is 0 Å². The third-order valence-corrected chi connectivity index (χ3v) is 5.44. The van der Waals surface area contributed by atoms with Crippen molar-refractivity contribution in [2.45, 2.75) is 25.4 Å². The molecule has 0 spiro atoms. The van der Waals surface area contributed by atoms with E-state index in [1.807, 2.05) is 17.6 Å². The summed E-state index contributed by atoms with van der Waals surface area (Å²) in [4.78, 5) is 9.27. The van der Waals surface area contributed by atoms with Crippen LogP contribution in [0.15, 0.2) is 29.8 Å². The number of aromatic nitrogens is 1. The Bertz CT molecular complexity index is 654. The number of nitrogens with zero attached hydrogens (tertiary/aromatic N) is 3. The predicted molar refractivity (Wildman–Crippen MR) is 91.4 cm³/mol. The Morgan fingerprint density at radius 1 is 1.26 bits per heavy atom. The molecule has 1 aromatic carbocycles. The maximum atomic E-state index is 5.49. The van der Waals surface area contributed by atoms with E-state index in [9.17, 15) is 0 Å². The molecule has 1 aromatic heterocycles. The first-order chi connectivity index (χ1) is 11.3. The highest BCUT2D eigenvalue weighted by Crippen LogP contribution is 2.36. The molecule has 122 valence electrons. The minimum Gasteiger partial charge on any atom is -0.454 e. The van der Waals surface area contributed by atoms with Gasteiger partial charge in [-0.1, -0.05) is 0 Å². The van der Waals surface area contributed by atoms with Gasteiger partial charge in [0.15, 0.2) is 11.5 Å². The van der Waals surface area contributed by atoms with E-state index >= 15 is 0 Å². The van der Waals surface area contributed by atoms with E-state index in [1.165, 1.54) is 23.5 Å². The van der Waals surface area contributed by atoms with E-state index in [1.54, 1.807) is 11.3 Å². The zero-order chi connectivity index (χ0) is 15.6. The number of anilines is 1. The Balaban J connectivity index is 1.35. The molecule has 2 aliphatic rings. The van der Waals surface area contributed by atoms with Gasteiger partial charge in [-0.05, 0) is 32.0 Å². The second-order valence-electron chi connectivity index (χ2n) is 6.10. The predicted octanol–water partition coefficient (Wildman–Crippen LogP) is 2.97. The molecule has 2 aliphatic heterocycles. The number of hydrogen-bond donors (Lipinski definition) is 0. The van der Waals surface area contributed by atoms with Gasteiger partial charge in [-0.25, -0.2) is 4.98 Å². The number of hydrogen-bond acceptors (Lipinski definition) is 6. The van der Waals surface area contributed by atoms with Crippen LogP contribution >= 0.6 is 11.3 Å². The summed E-state index contributed by atoms with van der Waals surface area (Å²) in [5.41, 5.74) is 1.23. The molecular formula is C17H21N3O2S. The SMILES string of the molecule is CN(Cc1nccs1)C1CCN(c2ccc3c(c2)OCO3)CC1. The van der Waals surface area contributed by atoms with Crippen molar-refractivity contribution >= 4 is 17.0 Å². The zero-order valence-corrected chi connectivity index (χ0v) is 14.1. The van der Waals surface area contributed by atoms with Crippen molar-refractivity contribution in [1.29, 1.82) is 0 Å². The fraction of sp³-hybridized carbons (Fsp3) is 0.471. The molecule has 23 heavy (non-hydrogen) atoms. The van der Waals surface area contributed by atoms with Gasteiger partial charge in [0.25, 0.3) is 0 Å². The summed E-state index contributed by atoms with van der Waals surface area (Å²) >= 11 is 1.74. The fourth-order valence-corrected chi connectivity index (χ4v) is 4.00. The standard InChI is InChI=1S/C17H21N3O2S/c1-19(11-17-18-6-9-23-17)13-4-7-20(8-5-13)14-2-3-15-16(10-14)22-12-21-15/h2-3,6,9-10,13H,4-5,7-8,11-12H2,1H3.